The number of nitriles is 1. The Morgan fingerprint density at radius 3 is 2.87 bits per heavy atom. The van der Waals surface area contributed by atoms with E-state index in [-0.39, 0.29) is 0 Å². The highest BCUT2D eigenvalue weighted by atomic mass is 15.1. The third kappa shape index (κ3) is 3.10. The van der Waals surface area contributed by atoms with E-state index < -0.39 is 0 Å². The Kier molecular flexibility index (Phi) is 4.36. The molecule has 1 rings (SSSR count). The van der Waals surface area contributed by atoms with Crippen molar-refractivity contribution in [1.82, 2.24) is 4.98 Å². The second-order valence-corrected chi connectivity index (χ2v) is 3.25. The molecular formula is C12H15N3. The van der Waals surface area contributed by atoms with Gasteiger partial charge in [0.1, 0.15) is 11.8 Å². The first kappa shape index (κ1) is 11.3. The number of hydrogen-bond donors (Lipinski definition) is 0. The molecule has 0 aliphatic heterocycles. The van der Waals surface area contributed by atoms with Gasteiger partial charge < -0.3 is 4.90 Å². The number of rotatable bonds is 5. The lowest BCUT2D eigenvalue weighted by atomic mass is 10.3. The molecule has 0 N–H and O–H groups in total. The normalized spacial score (nSPS) is 9.33. The molecule has 0 saturated carbocycles. The summed E-state index contributed by atoms with van der Waals surface area (Å²) in [6.45, 7) is 7.64. The summed E-state index contributed by atoms with van der Waals surface area (Å²) in [7, 11) is 0. The van der Waals surface area contributed by atoms with Crippen LogP contribution >= 0.6 is 0 Å². The van der Waals surface area contributed by atoms with Crippen LogP contribution in [0.5, 0.6) is 0 Å². The summed E-state index contributed by atoms with van der Waals surface area (Å²) in [5, 5.41) is 8.63. The zero-order chi connectivity index (χ0) is 11.1. The van der Waals surface area contributed by atoms with Crippen LogP contribution in [0.3, 0.4) is 0 Å². The molecule has 3 nitrogen and oxygen atoms in total. The van der Waals surface area contributed by atoms with Crippen molar-refractivity contribution >= 4 is 5.69 Å². The molecule has 1 aromatic rings. The Balaban J connectivity index is 2.81. The molecular weight excluding hydrogens is 186 g/mol. The van der Waals surface area contributed by atoms with E-state index in [0.29, 0.717) is 5.69 Å². The van der Waals surface area contributed by atoms with E-state index in [2.05, 4.69) is 23.4 Å². The molecule has 0 atom stereocenters. The highest BCUT2D eigenvalue weighted by Gasteiger charge is 2.03. The van der Waals surface area contributed by atoms with E-state index in [4.69, 9.17) is 5.26 Å². The highest BCUT2D eigenvalue weighted by molar-refractivity contribution is 5.46. The van der Waals surface area contributed by atoms with Crippen LogP contribution < -0.4 is 4.90 Å². The zero-order valence-corrected chi connectivity index (χ0v) is 8.98. The average Bonchev–Trinajstić information content (AvgIpc) is 2.29. The van der Waals surface area contributed by atoms with Gasteiger partial charge in [-0.05, 0) is 18.6 Å². The third-order valence-electron chi connectivity index (χ3n) is 2.07. The third-order valence-corrected chi connectivity index (χ3v) is 2.07. The maximum absolute atomic E-state index is 8.63. The van der Waals surface area contributed by atoms with Crippen molar-refractivity contribution in [3.63, 3.8) is 0 Å². The van der Waals surface area contributed by atoms with Crippen LogP contribution in [0.15, 0.2) is 31.0 Å². The number of aromatic nitrogens is 1. The fraction of sp³-hybridized carbons (Fsp3) is 0.333. The van der Waals surface area contributed by atoms with Gasteiger partial charge in [0.2, 0.25) is 0 Å². The molecule has 0 aromatic carbocycles. The number of pyridine rings is 1. The molecule has 15 heavy (non-hydrogen) atoms. The zero-order valence-electron chi connectivity index (χ0n) is 8.98. The lowest BCUT2D eigenvalue weighted by Gasteiger charge is -2.21. The minimum absolute atomic E-state index is 0.453. The quantitative estimate of drug-likeness (QED) is 0.686. The minimum Gasteiger partial charge on any atom is -0.367 e. The Morgan fingerprint density at radius 1 is 1.60 bits per heavy atom. The predicted octanol–water partition coefficient (Wildman–Crippen LogP) is 2.36. The second-order valence-electron chi connectivity index (χ2n) is 3.25. The van der Waals surface area contributed by atoms with E-state index in [1.807, 2.05) is 18.2 Å². The van der Waals surface area contributed by atoms with Gasteiger partial charge in [-0.1, -0.05) is 13.0 Å². The summed E-state index contributed by atoms with van der Waals surface area (Å²) >= 11 is 0. The molecule has 0 aliphatic rings. The van der Waals surface area contributed by atoms with Crippen LogP contribution in [-0.2, 0) is 0 Å². The van der Waals surface area contributed by atoms with E-state index in [0.717, 1.165) is 25.2 Å². The number of hydrogen-bond acceptors (Lipinski definition) is 3. The summed E-state index contributed by atoms with van der Waals surface area (Å²) in [6.07, 6.45) is 4.68. The van der Waals surface area contributed by atoms with Crippen LogP contribution in [0.1, 0.15) is 19.0 Å². The number of nitrogens with zero attached hydrogens (tertiary/aromatic N) is 3. The van der Waals surface area contributed by atoms with E-state index in [1.54, 1.807) is 12.3 Å². The second kappa shape index (κ2) is 5.82. The summed E-state index contributed by atoms with van der Waals surface area (Å²) in [5.74, 6) is 0. The first-order chi connectivity index (χ1) is 7.31. The van der Waals surface area contributed by atoms with Gasteiger partial charge in [-0.25, -0.2) is 4.98 Å². The summed E-state index contributed by atoms with van der Waals surface area (Å²) < 4.78 is 0. The number of anilines is 1. The first-order valence-corrected chi connectivity index (χ1v) is 5.03. The molecule has 0 radical (unpaired) electrons. The summed E-state index contributed by atoms with van der Waals surface area (Å²) in [6, 6.07) is 5.67. The molecule has 0 saturated heterocycles. The topological polar surface area (TPSA) is 39.9 Å². The molecule has 1 heterocycles. The molecule has 0 aliphatic carbocycles. The maximum atomic E-state index is 8.63. The van der Waals surface area contributed by atoms with Gasteiger partial charge in [0.05, 0.1) is 11.9 Å². The fourth-order valence-electron chi connectivity index (χ4n) is 1.39. The van der Waals surface area contributed by atoms with Crippen molar-refractivity contribution < 1.29 is 0 Å². The van der Waals surface area contributed by atoms with Crippen LogP contribution in [0.2, 0.25) is 0 Å². The lowest BCUT2D eigenvalue weighted by molar-refractivity contribution is 0.814. The summed E-state index contributed by atoms with van der Waals surface area (Å²) in [4.78, 5) is 6.23. The van der Waals surface area contributed by atoms with E-state index in [9.17, 15) is 0 Å². The predicted molar refractivity (Wildman–Crippen MR) is 61.7 cm³/mol. The Morgan fingerprint density at radius 2 is 2.40 bits per heavy atom. The maximum Gasteiger partial charge on any atom is 0.140 e. The smallest absolute Gasteiger partial charge is 0.140 e. The van der Waals surface area contributed by atoms with Gasteiger partial charge in [-0.3, -0.25) is 0 Å². The summed E-state index contributed by atoms with van der Waals surface area (Å²) in [5.41, 5.74) is 1.49. The van der Waals surface area contributed by atoms with Gasteiger partial charge >= 0.3 is 0 Å². The van der Waals surface area contributed by atoms with Crippen molar-refractivity contribution in [2.24, 2.45) is 0 Å². The molecule has 0 unspecified atom stereocenters. The molecule has 0 bridgehead atoms. The largest absolute Gasteiger partial charge is 0.367 e. The average molecular weight is 201 g/mol. The Labute approximate surface area is 90.7 Å². The molecule has 0 spiro atoms. The molecule has 78 valence electrons. The van der Waals surface area contributed by atoms with Gasteiger partial charge in [-0.2, -0.15) is 5.26 Å². The fourth-order valence-corrected chi connectivity index (χ4v) is 1.39. The molecule has 3 heteroatoms. The van der Waals surface area contributed by atoms with Crippen molar-refractivity contribution in [2.45, 2.75) is 13.3 Å². The van der Waals surface area contributed by atoms with Gasteiger partial charge in [0, 0.05) is 13.1 Å². The minimum atomic E-state index is 0.453. The van der Waals surface area contributed by atoms with Gasteiger partial charge in [0.25, 0.3) is 0 Å². The van der Waals surface area contributed by atoms with Crippen molar-refractivity contribution in [2.75, 3.05) is 18.0 Å². The highest BCUT2D eigenvalue weighted by Crippen LogP contribution is 2.13. The van der Waals surface area contributed by atoms with Crippen LogP contribution in [0, 0.1) is 11.3 Å². The monoisotopic (exact) mass is 201 g/mol. The molecule has 0 amide bonds. The van der Waals surface area contributed by atoms with Gasteiger partial charge in [-0.15, -0.1) is 6.58 Å². The van der Waals surface area contributed by atoms with Gasteiger partial charge in [0.15, 0.2) is 0 Å². The first-order valence-electron chi connectivity index (χ1n) is 5.03. The Hall–Kier alpha value is -1.82. The molecule has 0 fully saturated rings. The van der Waals surface area contributed by atoms with Crippen LogP contribution in [0.25, 0.3) is 0 Å². The molecule has 1 aromatic heterocycles. The standard InChI is InChI=1S/C12H15N3/c1-3-7-15(8-4-2)12-6-5-11(9-13)14-10-12/h3,5-6,10H,1,4,7-8H2,2H3. The lowest BCUT2D eigenvalue weighted by Crippen LogP contribution is -2.24. The van der Waals surface area contributed by atoms with Crippen molar-refractivity contribution in [1.29, 1.82) is 5.26 Å². The van der Waals surface area contributed by atoms with Crippen molar-refractivity contribution in [3.05, 3.63) is 36.7 Å². The Bertz CT molecular complexity index is 348. The van der Waals surface area contributed by atoms with E-state index in [1.165, 1.54) is 0 Å². The van der Waals surface area contributed by atoms with Crippen LogP contribution in [0.4, 0.5) is 5.69 Å². The van der Waals surface area contributed by atoms with Crippen LogP contribution in [-0.4, -0.2) is 18.1 Å². The van der Waals surface area contributed by atoms with Crippen molar-refractivity contribution in [3.8, 4) is 6.07 Å². The van der Waals surface area contributed by atoms with E-state index >= 15 is 0 Å². The SMILES string of the molecule is C=CCN(CCC)c1ccc(C#N)nc1.